The van der Waals surface area contributed by atoms with Crippen molar-refractivity contribution in [1.29, 1.82) is 0 Å². The fraction of sp³-hybridized carbons (Fsp3) is 0.500. The Labute approximate surface area is 95.4 Å². The number of halogens is 2. The first-order chi connectivity index (χ1) is 7.07. The molecule has 0 spiro atoms. The van der Waals surface area contributed by atoms with Crippen molar-refractivity contribution in [2.24, 2.45) is 5.73 Å². The molecule has 0 saturated heterocycles. The van der Waals surface area contributed by atoms with Crippen LogP contribution in [0.1, 0.15) is 43.4 Å². The number of rotatable bonds is 4. The second kappa shape index (κ2) is 5.47. The Balaban J connectivity index is 2.96. The summed E-state index contributed by atoms with van der Waals surface area (Å²) in [5.74, 6) is -0.258. The topological polar surface area (TPSA) is 26.0 Å². The van der Waals surface area contributed by atoms with Crippen molar-refractivity contribution < 1.29 is 4.39 Å². The molecule has 1 rings (SSSR count). The number of benzene rings is 1. The maximum absolute atomic E-state index is 13.8. The molecular formula is C12H17ClFN. The molecule has 15 heavy (non-hydrogen) atoms. The first-order valence-electron chi connectivity index (χ1n) is 5.28. The Morgan fingerprint density at radius 1 is 1.47 bits per heavy atom. The zero-order valence-electron chi connectivity index (χ0n) is 9.19. The molecule has 0 fully saturated rings. The molecule has 0 saturated carbocycles. The first kappa shape index (κ1) is 12.5. The quantitative estimate of drug-likeness (QED) is 0.831. The molecule has 0 unspecified atom stereocenters. The Hall–Kier alpha value is -0.600. The maximum atomic E-state index is 13.8. The zero-order chi connectivity index (χ0) is 11.4. The fourth-order valence-electron chi connectivity index (χ4n) is 1.59. The van der Waals surface area contributed by atoms with Crippen LogP contribution in [0.15, 0.2) is 12.1 Å². The summed E-state index contributed by atoms with van der Waals surface area (Å²) in [5, 5.41) is 0.432. The molecule has 0 amide bonds. The van der Waals surface area contributed by atoms with Gasteiger partial charge in [-0.05, 0) is 25.0 Å². The van der Waals surface area contributed by atoms with Gasteiger partial charge in [0.1, 0.15) is 5.82 Å². The summed E-state index contributed by atoms with van der Waals surface area (Å²) >= 11 is 5.96. The Morgan fingerprint density at radius 2 is 2.13 bits per heavy atom. The van der Waals surface area contributed by atoms with Crippen LogP contribution in [0.25, 0.3) is 0 Å². The lowest BCUT2D eigenvalue weighted by Crippen LogP contribution is -2.13. The van der Waals surface area contributed by atoms with E-state index in [1.807, 2.05) is 0 Å². The van der Waals surface area contributed by atoms with E-state index in [4.69, 9.17) is 17.3 Å². The predicted octanol–water partition coefficient (Wildman–Crippen LogP) is 3.98. The Bertz CT molecular complexity index is 339. The number of nitrogens with two attached hydrogens (primary N) is 1. The summed E-state index contributed by atoms with van der Waals surface area (Å²) in [6.07, 6.45) is 2.82. The van der Waals surface area contributed by atoms with Gasteiger partial charge in [0.05, 0.1) is 0 Å². The summed E-state index contributed by atoms with van der Waals surface area (Å²) in [5.41, 5.74) is 6.99. The molecule has 1 atom stereocenters. The van der Waals surface area contributed by atoms with Crippen molar-refractivity contribution in [2.45, 2.75) is 39.2 Å². The van der Waals surface area contributed by atoms with Crippen molar-refractivity contribution >= 4 is 11.6 Å². The minimum absolute atomic E-state index is 0.258. The van der Waals surface area contributed by atoms with Crippen LogP contribution < -0.4 is 5.73 Å². The third kappa shape index (κ3) is 2.93. The number of hydrogen-bond acceptors (Lipinski definition) is 1. The summed E-state index contributed by atoms with van der Waals surface area (Å²) in [6, 6.07) is 3.09. The Morgan fingerprint density at radius 3 is 2.73 bits per heavy atom. The fourth-order valence-corrected chi connectivity index (χ4v) is 1.87. The van der Waals surface area contributed by atoms with Crippen molar-refractivity contribution in [3.8, 4) is 0 Å². The van der Waals surface area contributed by atoms with E-state index in [1.165, 1.54) is 0 Å². The molecule has 1 aromatic carbocycles. The van der Waals surface area contributed by atoms with Gasteiger partial charge in [0.2, 0.25) is 0 Å². The lowest BCUT2D eigenvalue weighted by molar-refractivity contribution is 0.543. The highest BCUT2D eigenvalue weighted by atomic mass is 35.5. The summed E-state index contributed by atoms with van der Waals surface area (Å²) < 4.78 is 13.8. The molecule has 0 radical (unpaired) electrons. The van der Waals surface area contributed by atoms with Crippen molar-refractivity contribution in [2.75, 3.05) is 0 Å². The van der Waals surface area contributed by atoms with Crippen molar-refractivity contribution in [1.82, 2.24) is 0 Å². The minimum atomic E-state index is -0.294. The van der Waals surface area contributed by atoms with E-state index < -0.39 is 0 Å². The molecule has 3 heteroatoms. The number of hydrogen-bond donors (Lipinski definition) is 1. The van der Waals surface area contributed by atoms with E-state index in [1.54, 1.807) is 19.1 Å². The van der Waals surface area contributed by atoms with Gasteiger partial charge in [0.15, 0.2) is 0 Å². The van der Waals surface area contributed by atoms with Crippen LogP contribution in [0.3, 0.4) is 0 Å². The van der Waals surface area contributed by atoms with Crippen LogP contribution in [-0.2, 0) is 0 Å². The van der Waals surface area contributed by atoms with E-state index in [-0.39, 0.29) is 11.9 Å². The SMILES string of the molecule is CCCC[C@H](N)c1c(Cl)ccc(C)c1F. The van der Waals surface area contributed by atoms with Crippen LogP contribution in [0, 0.1) is 12.7 Å². The summed E-state index contributed by atoms with van der Waals surface area (Å²) in [7, 11) is 0. The minimum Gasteiger partial charge on any atom is -0.324 e. The lowest BCUT2D eigenvalue weighted by Gasteiger charge is -2.15. The average Bonchev–Trinajstić information content (AvgIpc) is 2.21. The molecule has 0 bridgehead atoms. The highest BCUT2D eigenvalue weighted by Crippen LogP contribution is 2.29. The van der Waals surface area contributed by atoms with E-state index in [0.717, 1.165) is 19.3 Å². The second-order valence-electron chi connectivity index (χ2n) is 3.84. The molecule has 84 valence electrons. The highest BCUT2D eigenvalue weighted by molar-refractivity contribution is 6.31. The molecular weight excluding hydrogens is 213 g/mol. The number of aryl methyl sites for hydroxylation is 1. The van der Waals surface area contributed by atoms with Crippen LogP contribution in [0.4, 0.5) is 4.39 Å². The molecule has 1 nitrogen and oxygen atoms in total. The van der Waals surface area contributed by atoms with Crippen LogP contribution in [0.2, 0.25) is 5.02 Å². The average molecular weight is 230 g/mol. The summed E-state index contributed by atoms with van der Waals surface area (Å²) in [4.78, 5) is 0. The van der Waals surface area contributed by atoms with Gasteiger partial charge in [-0.1, -0.05) is 37.4 Å². The highest BCUT2D eigenvalue weighted by Gasteiger charge is 2.16. The smallest absolute Gasteiger partial charge is 0.132 e. The van der Waals surface area contributed by atoms with Gasteiger partial charge >= 0.3 is 0 Å². The second-order valence-corrected chi connectivity index (χ2v) is 4.25. The van der Waals surface area contributed by atoms with Crippen LogP contribution >= 0.6 is 11.6 Å². The number of unbranched alkanes of at least 4 members (excludes halogenated alkanes) is 1. The normalized spacial score (nSPS) is 12.9. The largest absolute Gasteiger partial charge is 0.324 e. The van der Waals surface area contributed by atoms with E-state index in [9.17, 15) is 4.39 Å². The standard InChI is InChI=1S/C12H17ClFN/c1-3-4-5-10(15)11-9(13)7-6-8(2)12(11)14/h6-7,10H,3-5,15H2,1-2H3/t10-/m0/s1. The maximum Gasteiger partial charge on any atom is 0.132 e. The first-order valence-corrected chi connectivity index (χ1v) is 5.65. The van der Waals surface area contributed by atoms with Crippen LogP contribution in [0.5, 0.6) is 0 Å². The predicted molar refractivity (Wildman–Crippen MR) is 62.6 cm³/mol. The molecule has 0 aromatic heterocycles. The van der Waals surface area contributed by atoms with E-state index >= 15 is 0 Å². The van der Waals surface area contributed by atoms with Gasteiger partial charge in [0.25, 0.3) is 0 Å². The molecule has 0 heterocycles. The lowest BCUT2D eigenvalue weighted by atomic mass is 9.99. The zero-order valence-corrected chi connectivity index (χ0v) is 9.94. The summed E-state index contributed by atoms with van der Waals surface area (Å²) in [6.45, 7) is 3.81. The molecule has 0 aliphatic rings. The van der Waals surface area contributed by atoms with Crippen molar-refractivity contribution in [3.05, 3.63) is 34.1 Å². The molecule has 2 N–H and O–H groups in total. The van der Waals surface area contributed by atoms with E-state index in [2.05, 4.69) is 6.92 Å². The van der Waals surface area contributed by atoms with Gasteiger partial charge in [-0.15, -0.1) is 0 Å². The van der Waals surface area contributed by atoms with Gasteiger partial charge < -0.3 is 5.73 Å². The monoisotopic (exact) mass is 229 g/mol. The third-order valence-electron chi connectivity index (χ3n) is 2.56. The molecule has 0 aliphatic heterocycles. The molecule has 1 aromatic rings. The Kier molecular flexibility index (Phi) is 4.55. The van der Waals surface area contributed by atoms with Crippen molar-refractivity contribution in [3.63, 3.8) is 0 Å². The van der Waals surface area contributed by atoms with Gasteiger partial charge in [-0.2, -0.15) is 0 Å². The van der Waals surface area contributed by atoms with Gasteiger partial charge in [0, 0.05) is 16.6 Å². The third-order valence-corrected chi connectivity index (χ3v) is 2.89. The van der Waals surface area contributed by atoms with E-state index in [0.29, 0.717) is 16.1 Å². The molecule has 0 aliphatic carbocycles. The van der Waals surface area contributed by atoms with Gasteiger partial charge in [-0.25, -0.2) is 4.39 Å². The van der Waals surface area contributed by atoms with Gasteiger partial charge in [-0.3, -0.25) is 0 Å². The van der Waals surface area contributed by atoms with Crippen LogP contribution in [-0.4, -0.2) is 0 Å².